The van der Waals surface area contributed by atoms with Crippen molar-refractivity contribution in [3.63, 3.8) is 0 Å². The summed E-state index contributed by atoms with van der Waals surface area (Å²) in [6.45, 7) is 7.78. The van der Waals surface area contributed by atoms with E-state index in [2.05, 4.69) is 37.5 Å². The number of rotatable bonds is 7. The molecule has 0 aliphatic heterocycles. The highest BCUT2D eigenvalue weighted by Gasteiger charge is 2.13. The first kappa shape index (κ1) is 19.8. The summed E-state index contributed by atoms with van der Waals surface area (Å²) >= 11 is 0. The fourth-order valence-corrected chi connectivity index (χ4v) is 2.42. The minimum atomic E-state index is -0.257. The van der Waals surface area contributed by atoms with E-state index in [1.54, 1.807) is 12.1 Å². The van der Waals surface area contributed by atoms with Crippen molar-refractivity contribution in [1.82, 2.24) is 10.6 Å². The molecule has 2 N–H and O–H groups in total. The van der Waals surface area contributed by atoms with E-state index in [0.717, 1.165) is 11.3 Å². The van der Waals surface area contributed by atoms with E-state index in [-0.39, 0.29) is 17.3 Å². The number of nitrogens with one attached hydrogen (secondary N) is 2. The monoisotopic (exact) mass is 358 g/mol. The van der Waals surface area contributed by atoms with Crippen molar-refractivity contribution >= 4 is 6.03 Å². The van der Waals surface area contributed by atoms with Gasteiger partial charge in [-0.15, -0.1) is 0 Å². The van der Waals surface area contributed by atoms with Crippen LogP contribution in [-0.4, -0.2) is 25.7 Å². The minimum absolute atomic E-state index is 0.0715. The lowest BCUT2D eigenvalue weighted by Crippen LogP contribution is -2.38. The van der Waals surface area contributed by atoms with Crippen LogP contribution in [-0.2, 0) is 11.8 Å². The van der Waals surface area contributed by atoms with Crippen molar-refractivity contribution < 1.29 is 13.9 Å². The summed E-state index contributed by atoms with van der Waals surface area (Å²) < 4.78 is 18.5. The summed E-state index contributed by atoms with van der Waals surface area (Å²) in [5.74, 6) is 0.545. The zero-order valence-corrected chi connectivity index (χ0v) is 15.6. The number of halogens is 1. The Morgan fingerprint density at radius 1 is 1.04 bits per heavy atom. The molecule has 5 heteroatoms. The van der Waals surface area contributed by atoms with Crippen molar-refractivity contribution in [1.29, 1.82) is 0 Å². The van der Waals surface area contributed by atoms with Crippen molar-refractivity contribution in [2.45, 2.75) is 32.6 Å². The number of ether oxygens (including phenoxy) is 1. The third-order valence-electron chi connectivity index (χ3n) is 3.97. The highest BCUT2D eigenvalue weighted by atomic mass is 19.1. The Labute approximate surface area is 154 Å². The maximum Gasteiger partial charge on any atom is 0.314 e. The van der Waals surface area contributed by atoms with E-state index in [0.29, 0.717) is 26.1 Å². The van der Waals surface area contributed by atoms with Crippen LogP contribution >= 0.6 is 0 Å². The standard InChI is InChI=1S/C21H27FN2O2/c1-21(2,3)17-5-4-6-19(15-17)26-14-13-24-20(25)23-12-11-16-7-9-18(22)10-8-16/h4-10,15H,11-14H2,1-3H3,(H2,23,24,25). The van der Waals surface area contributed by atoms with Crippen LogP contribution in [0, 0.1) is 5.82 Å². The van der Waals surface area contributed by atoms with Crippen LogP contribution in [0.15, 0.2) is 48.5 Å². The van der Waals surface area contributed by atoms with Gasteiger partial charge in [0.1, 0.15) is 18.2 Å². The Balaban J connectivity index is 1.63. The molecule has 0 fully saturated rings. The normalized spacial score (nSPS) is 11.1. The summed E-state index contributed by atoms with van der Waals surface area (Å²) in [6, 6.07) is 14.0. The van der Waals surface area contributed by atoms with Gasteiger partial charge in [-0.1, -0.05) is 45.0 Å². The molecular weight excluding hydrogens is 331 g/mol. The van der Waals surface area contributed by atoms with Gasteiger partial charge in [0.2, 0.25) is 0 Å². The van der Waals surface area contributed by atoms with Gasteiger partial charge in [0.25, 0.3) is 0 Å². The summed E-state index contributed by atoms with van der Waals surface area (Å²) in [7, 11) is 0. The number of hydrogen-bond donors (Lipinski definition) is 2. The summed E-state index contributed by atoms with van der Waals surface area (Å²) in [4.78, 5) is 11.7. The van der Waals surface area contributed by atoms with E-state index in [1.807, 2.05) is 18.2 Å². The highest BCUT2D eigenvalue weighted by molar-refractivity contribution is 5.73. The van der Waals surface area contributed by atoms with Crippen LogP contribution in [0.4, 0.5) is 9.18 Å². The van der Waals surface area contributed by atoms with Crippen LogP contribution < -0.4 is 15.4 Å². The average molecular weight is 358 g/mol. The maximum atomic E-state index is 12.8. The van der Waals surface area contributed by atoms with Gasteiger partial charge in [0, 0.05) is 6.54 Å². The second-order valence-corrected chi connectivity index (χ2v) is 7.19. The number of carbonyl (C=O) groups is 1. The Morgan fingerprint density at radius 2 is 1.73 bits per heavy atom. The second-order valence-electron chi connectivity index (χ2n) is 7.19. The van der Waals surface area contributed by atoms with Crippen molar-refractivity contribution in [3.8, 4) is 5.75 Å². The van der Waals surface area contributed by atoms with E-state index in [9.17, 15) is 9.18 Å². The van der Waals surface area contributed by atoms with Gasteiger partial charge in [-0.3, -0.25) is 0 Å². The first-order valence-electron chi connectivity index (χ1n) is 8.84. The minimum Gasteiger partial charge on any atom is -0.492 e. The molecule has 2 amide bonds. The molecule has 0 saturated carbocycles. The van der Waals surface area contributed by atoms with E-state index < -0.39 is 0 Å². The topological polar surface area (TPSA) is 50.4 Å². The molecule has 0 bridgehead atoms. The number of hydrogen-bond acceptors (Lipinski definition) is 2. The van der Waals surface area contributed by atoms with Gasteiger partial charge in [-0.2, -0.15) is 0 Å². The zero-order chi connectivity index (χ0) is 19.0. The molecule has 26 heavy (non-hydrogen) atoms. The van der Waals surface area contributed by atoms with Crippen LogP contribution in [0.2, 0.25) is 0 Å². The lowest BCUT2D eigenvalue weighted by molar-refractivity contribution is 0.236. The Kier molecular flexibility index (Phi) is 7.01. The Bertz CT molecular complexity index is 709. The lowest BCUT2D eigenvalue weighted by atomic mass is 9.87. The van der Waals surface area contributed by atoms with E-state index in [4.69, 9.17) is 4.74 Å². The van der Waals surface area contributed by atoms with Crippen molar-refractivity contribution in [3.05, 3.63) is 65.5 Å². The molecule has 0 aliphatic carbocycles. The Hall–Kier alpha value is -2.56. The van der Waals surface area contributed by atoms with Crippen LogP contribution in [0.1, 0.15) is 31.9 Å². The summed E-state index contributed by atoms with van der Waals surface area (Å²) in [5, 5.41) is 5.53. The molecule has 4 nitrogen and oxygen atoms in total. The quantitative estimate of drug-likeness (QED) is 0.734. The first-order valence-corrected chi connectivity index (χ1v) is 8.84. The molecular formula is C21H27FN2O2. The average Bonchev–Trinajstić information content (AvgIpc) is 2.60. The molecule has 2 aromatic rings. The predicted molar refractivity (Wildman–Crippen MR) is 102 cm³/mol. The largest absolute Gasteiger partial charge is 0.492 e. The molecule has 0 atom stereocenters. The van der Waals surface area contributed by atoms with E-state index in [1.165, 1.54) is 17.7 Å². The molecule has 0 radical (unpaired) electrons. The molecule has 2 aromatic carbocycles. The lowest BCUT2D eigenvalue weighted by Gasteiger charge is -2.19. The van der Waals surface area contributed by atoms with Gasteiger partial charge < -0.3 is 15.4 Å². The SMILES string of the molecule is CC(C)(C)c1cccc(OCCNC(=O)NCCc2ccc(F)cc2)c1. The molecule has 0 aromatic heterocycles. The fourth-order valence-electron chi connectivity index (χ4n) is 2.42. The first-order chi connectivity index (χ1) is 12.3. The van der Waals surface area contributed by atoms with Crippen LogP contribution in [0.25, 0.3) is 0 Å². The smallest absolute Gasteiger partial charge is 0.314 e. The molecule has 0 heterocycles. The summed E-state index contributed by atoms with van der Waals surface area (Å²) in [6.07, 6.45) is 0.657. The maximum absolute atomic E-state index is 12.8. The molecule has 0 saturated heterocycles. The summed E-state index contributed by atoms with van der Waals surface area (Å²) in [5.41, 5.74) is 2.26. The van der Waals surface area contributed by atoms with Gasteiger partial charge >= 0.3 is 6.03 Å². The van der Waals surface area contributed by atoms with Gasteiger partial charge in [-0.05, 0) is 47.2 Å². The number of carbonyl (C=O) groups excluding carboxylic acids is 1. The highest BCUT2D eigenvalue weighted by Crippen LogP contribution is 2.25. The van der Waals surface area contributed by atoms with Crippen molar-refractivity contribution in [2.75, 3.05) is 19.7 Å². The van der Waals surface area contributed by atoms with Gasteiger partial charge in [-0.25, -0.2) is 9.18 Å². The number of benzene rings is 2. The molecule has 140 valence electrons. The molecule has 0 spiro atoms. The van der Waals surface area contributed by atoms with Crippen LogP contribution in [0.5, 0.6) is 5.75 Å². The molecule has 2 rings (SSSR count). The Morgan fingerprint density at radius 3 is 2.42 bits per heavy atom. The van der Waals surface area contributed by atoms with Gasteiger partial charge in [0.05, 0.1) is 6.54 Å². The number of amides is 2. The third kappa shape index (κ3) is 6.75. The molecule has 0 aliphatic rings. The van der Waals surface area contributed by atoms with Crippen molar-refractivity contribution in [2.24, 2.45) is 0 Å². The third-order valence-corrected chi connectivity index (χ3v) is 3.97. The fraction of sp³-hybridized carbons (Fsp3) is 0.381. The van der Waals surface area contributed by atoms with Gasteiger partial charge in [0.15, 0.2) is 0 Å². The number of urea groups is 1. The predicted octanol–water partition coefficient (Wildman–Crippen LogP) is 4.04. The second kappa shape index (κ2) is 9.22. The van der Waals surface area contributed by atoms with Crippen LogP contribution in [0.3, 0.4) is 0 Å². The molecule has 0 unspecified atom stereocenters. The zero-order valence-electron chi connectivity index (χ0n) is 15.6. The van der Waals surface area contributed by atoms with E-state index >= 15 is 0 Å².